The number of benzene rings is 4. The highest BCUT2D eigenvalue weighted by atomic mass is 14.4. The van der Waals surface area contributed by atoms with Gasteiger partial charge in [0, 0.05) is 10.8 Å². The van der Waals surface area contributed by atoms with Gasteiger partial charge in [-0.1, -0.05) is 223 Å². The van der Waals surface area contributed by atoms with Crippen LogP contribution in [0, 0.1) is 0 Å². The molecule has 0 saturated heterocycles. The Morgan fingerprint density at radius 1 is 0.544 bits per heavy atom. The third kappa shape index (κ3) is 7.09. The Morgan fingerprint density at radius 3 is 1.93 bits per heavy atom. The van der Waals surface area contributed by atoms with Crippen molar-refractivity contribution in [2.24, 2.45) is 0 Å². The molecule has 0 amide bonds. The van der Waals surface area contributed by atoms with Crippen LogP contribution in [0.3, 0.4) is 0 Å². The van der Waals surface area contributed by atoms with Crippen molar-refractivity contribution < 1.29 is 0 Å². The Balaban J connectivity index is 1.22. The molecule has 278 valence electrons. The zero-order valence-electron chi connectivity index (χ0n) is 33.6. The van der Waals surface area contributed by atoms with E-state index in [1.165, 1.54) is 61.2 Å². The van der Waals surface area contributed by atoms with Crippen LogP contribution >= 0.6 is 0 Å². The minimum absolute atomic E-state index is 0.0734. The molecule has 5 aromatic carbocycles. The molecule has 0 N–H and O–H groups in total. The summed E-state index contributed by atoms with van der Waals surface area (Å²) in [6, 6.07) is 56.7. The zero-order valence-corrected chi connectivity index (χ0v) is 33.6. The van der Waals surface area contributed by atoms with Gasteiger partial charge in [-0.05, 0) is 107 Å². The molecule has 0 atom stereocenters. The first kappa shape index (κ1) is 37.4. The van der Waals surface area contributed by atoms with E-state index in [-0.39, 0.29) is 10.8 Å². The molecule has 5 aromatic rings. The van der Waals surface area contributed by atoms with Crippen molar-refractivity contribution in [3.05, 3.63) is 251 Å². The van der Waals surface area contributed by atoms with Crippen LogP contribution in [0.15, 0.2) is 207 Å². The Morgan fingerprint density at radius 2 is 1.16 bits per heavy atom. The fraction of sp³-hybridized carbons (Fsp3) is 0.123. The van der Waals surface area contributed by atoms with Gasteiger partial charge in [0.25, 0.3) is 0 Å². The molecule has 0 bridgehead atoms. The number of fused-ring (bicyclic) bond motifs is 5. The summed E-state index contributed by atoms with van der Waals surface area (Å²) in [6.07, 6.45) is 9.66. The maximum Gasteiger partial charge on any atom is 0.0159 e. The van der Waals surface area contributed by atoms with E-state index in [0.29, 0.717) is 0 Å². The first-order valence-corrected chi connectivity index (χ1v) is 20.0. The standard InChI is InChI=1S/C57H50/c1-39(37-54-41(3)48-26-14-16-30-52(48)56(54,4)5)43-22-10-8-9-11-23-44(45-34-35-51-50-28-15-17-31-53(50)57(6,7)55(51)38-45)33-32-42(20-18-25-43)21-19-29-47-40(2)36-46-24-12-13-27-49(46)47/h8-35,37-38H,1-3,36H2,4-7H3/b9-8?,10-8?,11-9?,20-18?,21-19+,22-10?,23-11?,25-18?,33-32?,42-20?,42-32?,43-22?,43-25?,44-23?,44-33?,47-29+,54-37+. The molecular formula is C57H50. The molecule has 0 aliphatic heterocycles. The van der Waals surface area contributed by atoms with Crippen LogP contribution in [0.5, 0.6) is 0 Å². The molecule has 8 rings (SSSR count). The summed E-state index contributed by atoms with van der Waals surface area (Å²) >= 11 is 0. The summed E-state index contributed by atoms with van der Waals surface area (Å²) in [5.41, 5.74) is 20.3. The molecule has 0 heterocycles. The van der Waals surface area contributed by atoms with Gasteiger partial charge in [0.05, 0.1) is 0 Å². The maximum atomic E-state index is 4.57. The highest BCUT2D eigenvalue weighted by Crippen LogP contribution is 2.50. The second-order valence-corrected chi connectivity index (χ2v) is 16.4. The monoisotopic (exact) mass is 734 g/mol. The van der Waals surface area contributed by atoms with E-state index in [1.54, 1.807) is 0 Å². The fourth-order valence-electron chi connectivity index (χ4n) is 8.86. The highest BCUT2D eigenvalue weighted by molar-refractivity contribution is 5.92. The van der Waals surface area contributed by atoms with Crippen LogP contribution in [-0.4, -0.2) is 0 Å². The average molecular weight is 735 g/mol. The van der Waals surface area contributed by atoms with E-state index in [9.17, 15) is 0 Å². The second kappa shape index (κ2) is 15.2. The lowest BCUT2D eigenvalue weighted by atomic mass is 9.81. The fourth-order valence-corrected chi connectivity index (χ4v) is 8.86. The number of hydrogen-bond donors (Lipinski definition) is 0. The van der Waals surface area contributed by atoms with Gasteiger partial charge in [0.1, 0.15) is 0 Å². The highest BCUT2D eigenvalue weighted by Gasteiger charge is 2.37. The Bertz CT molecular complexity index is 2700. The lowest BCUT2D eigenvalue weighted by Gasteiger charge is -2.22. The van der Waals surface area contributed by atoms with Crippen molar-refractivity contribution in [3.63, 3.8) is 0 Å². The predicted octanol–water partition coefficient (Wildman–Crippen LogP) is 15.1. The molecule has 0 radical (unpaired) electrons. The van der Waals surface area contributed by atoms with Crippen molar-refractivity contribution in [1.29, 1.82) is 0 Å². The van der Waals surface area contributed by atoms with Crippen LogP contribution in [-0.2, 0) is 17.3 Å². The SMILES string of the molecule is C=C1Cc2ccccc2/C1=C/C=C/c1cccc(C(=C)/C=C2\C(=C)c3ccccc3C2(C)C)ccccccc(-c2ccc3c(c2)C(C)(C)c2ccccc2-3)cc1. The van der Waals surface area contributed by atoms with E-state index >= 15 is 0 Å². The maximum absolute atomic E-state index is 4.57. The molecule has 3 aliphatic rings. The Labute approximate surface area is 340 Å². The van der Waals surface area contributed by atoms with Crippen molar-refractivity contribution >= 4 is 22.8 Å². The van der Waals surface area contributed by atoms with Gasteiger partial charge < -0.3 is 0 Å². The van der Waals surface area contributed by atoms with Crippen LogP contribution in [0.1, 0.15) is 72.2 Å². The van der Waals surface area contributed by atoms with Gasteiger partial charge in [0.2, 0.25) is 0 Å². The van der Waals surface area contributed by atoms with E-state index in [2.05, 4.69) is 229 Å². The molecular weight excluding hydrogens is 685 g/mol. The molecule has 0 heteroatoms. The minimum atomic E-state index is -0.161. The van der Waals surface area contributed by atoms with E-state index < -0.39 is 0 Å². The second-order valence-electron chi connectivity index (χ2n) is 16.4. The van der Waals surface area contributed by atoms with Gasteiger partial charge in [-0.3, -0.25) is 0 Å². The van der Waals surface area contributed by atoms with Gasteiger partial charge in [-0.2, -0.15) is 0 Å². The van der Waals surface area contributed by atoms with Gasteiger partial charge >= 0.3 is 0 Å². The molecule has 0 nitrogen and oxygen atoms in total. The molecule has 57 heavy (non-hydrogen) atoms. The number of allylic oxidation sites excluding steroid dienone is 8. The molecule has 0 fully saturated rings. The lowest BCUT2D eigenvalue weighted by molar-refractivity contribution is 0.660. The van der Waals surface area contributed by atoms with Crippen LogP contribution in [0.25, 0.3) is 45.0 Å². The smallest absolute Gasteiger partial charge is 0.0159 e. The summed E-state index contributed by atoms with van der Waals surface area (Å²) in [6.45, 7) is 22.7. The van der Waals surface area contributed by atoms with Crippen LogP contribution in [0.4, 0.5) is 0 Å². The molecule has 3 aliphatic carbocycles. The first-order chi connectivity index (χ1) is 27.5. The predicted molar refractivity (Wildman–Crippen MR) is 247 cm³/mol. The first-order valence-electron chi connectivity index (χ1n) is 20.0. The van der Waals surface area contributed by atoms with Crippen molar-refractivity contribution in [3.8, 4) is 22.3 Å². The van der Waals surface area contributed by atoms with E-state index in [0.717, 1.165) is 39.8 Å². The zero-order chi connectivity index (χ0) is 39.7. The third-order valence-corrected chi connectivity index (χ3v) is 12.1. The topological polar surface area (TPSA) is 0 Å². The summed E-state index contributed by atoms with van der Waals surface area (Å²) in [5, 5.41) is 0. The average Bonchev–Trinajstić information content (AvgIpc) is 3.73. The van der Waals surface area contributed by atoms with Crippen LogP contribution < -0.4 is 0 Å². The summed E-state index contributed by atoms with van der Waals surface area (Å²) in [4.78, 5) is 0. The van der Waals surface area contributed by atoms with Crippen LogP contribution in [0.2, 0.25) is 0 Å². The normalized spacial score (nSPS) is 16.8. The summed E-state index contributed by atoms with van der Waals surface area (Å²) < 4.78 is 0. The van der Waals surface area contributed by atoms with Crippen molar-refractivity contribution in [1.82, 2.24) is 0 Å². The Kier molecular flexibility index (Phi) is 9.99. The van der Waals surface area contributed by atoms with Crippen molar-refractivity contribution in [2.45, 2.75) is 44.9 Å². The molecule has 0 unspecified atom stereocenters. The van der Waals surface area contributed by atoms with Gasteiger partial charge in [-0.25, -0.2) is 0 Å². The number of hydrogen-bond acceptors (Lipinski definition) is 0. The number of rotatable bonds is 5. The van der Waals surface area contributed by atoms with Gasteiger partial charge in [0.15, 0.2) is 0 Å². The van der Waals surface area contributed by atoms with E-state index in [1.807, 2.05) is 0 Å². The van der Waals surface area contributed by atoms with Gasteiger partial charge in [-0.15, -0.1) is 0 Å². The van der Waals surface area contributed by atoms with Crippen molar-refractivity contribution in [2.75, 3.05) is 0 Å². The minimum Gasteiger partial charge on any atom is -0.0949 e. The lowest BCUT2D eigenvalue weighted by Crippen LogP contribution is -2.15. The largest absolute Gasteiger partial charge is 0.0949 e. The Hall–Kier alpha value is -6.50. The summed E-state index contributed by atoms with van der Waals surface area (Å²) in [7, 11) is 0. The summed E-state index contributed by atoms with van der Waals surface area (Å²) in [5.74, 6) is 0. The molecule has 0 saturated carbocycles. The molecule has 0 spiro atoms. The quantitative estimate of drug-likeness (QED) is 0.169. The van der Waals surface area contributed by atoms with E-state index in [4.69, 9.17) is 0 Å². The molecule has 0 aromatic heterocycles. The third-order valence-electron chi connectivity index (χ3n) is 12.1.